The van der Waals surface area contributed by atoms with Crippen molar-refractivity contribution in [2.45, 2.75) is 19.3 Å². The number of benzene rings is 3. The minimum Gasteiger partial charge on any atom is -0.489 e. The summed E-state index contributed by atoms with van der Waals surface area (Å²) in [5.41, 5.74) is 2.46. The van der Waals surface area contributed by atoms with Gasteiger partial charge in [0, 0.05) is 18.7 Å². The third kappa shape index (κ3) is 6.36. The summed E-state index contributed by atoms with van der Waals surface area (Å²) in [5.74, 6) is 0.427. The Labute approximate surface area is 165 Å². The molecule has 0 aliphatic heterocycles. The Hall–Kier alpha value is -2.40. The van der Waals surface area contributed by atoms with E-state index in [0.717, 1.165) is 11.1 Å². The average Bonchev–Trinajstić information content (AvgIpc) is 2.68. The Morgan fingerprint density at radius 1 is 0.926 bits per heavy atom. The molecule has 0 saturated carbocycles. The second kappa shape index (κ2) is 10.7. The molecule has 5 heteroatoms. The van der Waals surface area contributed by atoms with Crippen molar-refractivity contribution in [1.82, 2.24) is 5.32 Å². The smallest absolute Gasteiger partial charge is 0.129 e. The monoisotopic (exact) mass is 387 g/mol. The summed E-state index contributed by atoms with van der Waals surface area (Å²) in [6.45, 7) is 1.27. The van der Waals surface area contributed by atoms with Crippen LogP contribution in [0, 0.1) is 5.82 Å². The lowest BCUT2D eigenvalue weighted by Crippen LogP contribution is -2.21. The van der Waals surface area contributed by atoms with Gasteiger partial charge in [0.1, 0.15) is 18.2 Å². The normalized spacial score (nSPS) is 11.5. The van der Waals surface area contributed by atoms with Gasteiger partial charge in [0.2, 0.25) is 0 Å². The maximum absolute atomic E-state index is 13.6. The first-order chi connectivity index (χ1) is 12.7. The van der Waals surface area contributed by atoms with Crippen molar-refractivity contribution in [1.29, 1.82) is 0 Å². The molecule has 0 amide bonds. The van der Waals surface area contributed by atoms with E-state index in [1.54, 1.807) is 18.2 Å². The maximum atomic E-state index is 13.6. The van der Waals surface area contributed by atoms with Crippen molar-refractivity contribution in [3.8, 4) is 5.75 Å². The molecule has 27 heavy (non-hydrogen) atoms. The van der Waals surface area contributed by atoms with Gasteiger partial charge in [0.15, 0.2) is 0 Å². The molecule has 0 saturated heterocycles. The number of rotatable bonds is 8. The summed E-state index contributed by atoms with van der Waals surface area (Å²) < 4.78 is 19.3. The molecular formula is C22H23ClFNO2. The number of hydrogen-bond donors (Lipinski definition) is 2. The Bertz CT molecular complexity index is 829. The zero-order valence-electron chi connectivity index (χ0n) is 14.8. The molecular weight excluding hydrogens is 365 g/mol. The zero-order valence-corrected chi connectivity index (χ0v) is 15.7. The molecule has 3 nitrogen and oxygen atoms in total. The molecule has 1 unspecified atom stereocenters. The van der Waals surface area contributed by atoms with Crippen LogP contribution in [0.1, 0.15) is 22.8 Å². The fourth-order valence-electron chi connectivity index (χ4n) is 2.67. The quantitative estimate of drug-likeness (QED) is 0.591. The molecule has 0 aromatic heterocycles. The summed E-state index contributed by atoms with van der Waals surface area (Å²) in [6.07, 6.45) is -0.545. The highest BCUT2D eigenvalue weighted by molar-refractivity contribution is 5.85. The van der Waals surface area contributed by atoms with Crippen LogP contribution in [0.25, 0.3) is 0 Å². The number of aliphatic hydroxyl groups is 1. The van der Waals surface area contributed by atoms with Crippen LogP contribution in [0.2, 0.25) is 0 Å². The predicted octanol–water partition coefficient (Wildman–Crippen LogP) is 4.65. The van der Waals surface area contributed by atoms with Gasteiger partial charge in [-0.2, -0.15) is 0 Å². The Morgan fingerprint density at radius 2 is 1.67 bits per heavy atom. The van der Waals surface area contributed by atoms with Gasteiger partial charge in [-0.3, -0.25) is 0 Å². The molecule has 0 fully saturated rings. The molecule has 142 valence electrons. The minimum atomic E-state index is -0.545. The highest BCUT2D eigenvalue weighted by atomic mass is 35.5. The highest BCUT2D eigenvalue weighted by Crippen LogP contribution is 2.17. The van der Waals surface area contributed by atoms with E-state index in [0.29, 0.717) is 24.4 Å². The third-order valence-corrected chi connectivity index (χ3v) is 4.10. The van der Waals surface area contributed by atoms with Crippen LogP contribution in [0.4, 0.5) is 4.39 Å². The van der Waals surface area contributed by atoms with Crippen LogP contribution < -0.4 is 10.1 Å². The van der Waals surface area contributed by atoms with E-state index in [-0.39, 0.29) is 24.8 Å². The van der Waals surface area contributed by atoms with Crippen LogP contribution in [0.3, 0.4) is 0 Å². The Balaban J connectivity index is 0.00000261. The largest absolute Gasteiger partial charge is 0.489 e. The SMILES string of the molecule is Cl.OC(CNCc1cccc(OCc2ccccc2F)c1)c1ccccc1. The summed E-state index contributed by atoms with van der Waals surface area (Å²) in [5, 5.41) is 13.4. The molecule has 3 rings (SSSR count). The molecule has 2 N–H and O–H groups in total. The lowest BCUT2D eigenvalue weighted by atomic mass is 10.1. The van der Waals surface area contributed by atoms with Gasteiger partial charge in [-0.15, -0.1) is 12.4 Å². The molecule has 0 spiro atoms. The van der Waals surface area contributed by atoms with Crippen molar-refractivity contribution in [2.75, 3.05) is 6.54 Å². The lowest BCUT2D eigenvalue weighted by molar-refractivity contribution is 0.174. The van der Waals surface area contributed by atoms with Gasteiger partial charge in [0.25, 0.3) is 0 Å². The van der Waals surface area contributed by atoms with Crippen LogP contribution in [0.5, 0.6) is 5.75 Å². The second-order valence-electron chi connectivity index (χ2n) is 6.08. The predicted molar refractivity (Wildman–Crippen MR) is 108 cm³/mol. The van der Waals surface area contributed by atoms with Crippen LogP contribution in [0.15, 0.2) is 78.9 Å². The third-order valence-electron chi connectivity index (χ3n) is 4.10. The van der Waals surface area contributed by atoms with E-state index in [9.17, 15) is 9.50 Å². The standard InChI is InChI=1S/C22H22FNO2.ClH/c23-21-12-5-4-10-19(21)16-26-20-11-6-7-17(13-20)14-24-15-22(25)18-8-2-1-3-9-18;/h1-13,22,24-25H,14-16H2;1H. The molecule has 0 heterocycles. The molecule has 0 aliphatic carbocycles. The first-order valence-corrected chi connectivity index (χ1v) is 8.61. The molecule has 0 radical (unpaired) electrons. The van der Waals surface area contributed by atoms with Crippen LogP contribution in [-0.4, -0.2) is 11.7 Å². The topological polar surface area (TPSA) is 41.5 Å². The summed E-state index contributed by atoms with van der Waals surface area (Å²) in [4.78, 5) is 0. The number of hydrogen-bond acceptors (Lipinski definition) is 3. The van der Waals surface area contributed by atoms with Crippen molar-refractivity contribution < 1.29 is 14.2 Å². The molecule has 3 aromatic rings. The van der Waals surface area contributed by atoms with Crippen LogP contribution >= 0.6 is 12.4 Å². The molecule has 0 bridgehead atoms. The van der Waals surface area contributed by atoms with Crippen LogP contribution in [-0.2, 0) is 13.2 Å². The molecule has 0 aliphatic rings. The van der Waals surface area contributed by atoms with Gasteiger partial charge >= 0.3 is 0 Å². The maximum Gasteiger partial charge on any atom is 0.129 e. The number of aliphatic hydroxyl groups excluding tert-OH is 1. The number of nitrogens with one attached hydrogen (secondary N) is 1. The van der Waals surface area contributed by atoms with Gasteiger partial charge in [-0.1, -0.05) is 60.7 Å². The summed E-state index contributed by atoms with van der Waals surface area (Å²) >= 11 is 0. The second-order valence-corrected chi connectivity index (χ2v) is 6.08. The van der Waals surface area contributed by atoms with Crippen molar-refractivity contribution in [3.63, 3.8) is 0 Å². The fraction of sp³-hybridized carbons (Fsp3) is 0.182. The zero-order chi connectivity index (χ0) is 18.2. The molecule has 3 aromatic carbocycles. The van der Waals surface area contributed by atoms with Gasteiger partial charge in [0.05, 0.1) is 6.10 Å². The molecule has 1 atom stereocenters. The van der Waals surface area contributed by atoms with Gasteiger partial charge in [-0.25, -0.2) is 4.39 Å². The Kier molecular flexibility index (Phi) is 8.27. The van der Waals surface area contributed by atoms with E-state index in [1.807, 2.05) is 54.6 Å². The average molecular weight is 388 g/mol. The van der Waals surface area contributed by atoms with Crippen molar-refractivity contribution in [3.05, 3.63) is 101 Å². The van der Waals surface area contributed by atoms with E-state index in [4.69, 9.17) is 4.74 Å². The van der Waals surface area contributed by atoms with E-state index < -0.39 is 6.10 Å². The first-order valence-electron chi connectivity index (χ1n) is 8.61. The lowest BCUT2D eigenvalue weighted by Gasteiger charge is -2.13. The van der Waals surface area contributed by atoms with Crippen molar-refractivity contribution >= 4 is 12.4 Å². The number of ether oxygens (including phenoxy) is 1. The Morgan fingerprint density at radius 3 is 2.44 bits per heavy atom. The van der Waals surface area contributed by atoms with E-state index >= 15 is 0 Å². The van der Waals surface area contributed by atoms with Gasteiger partial charge in [-0.05, 0) is 29.3 Å². The summed E-state index contributed by atoms with van der Waals surface area (Å²) in [7, 11) is 0. The fourth-order valence-corrected chi connectivity index (χ4v) is 2.67. The van der Waals surface area contributed by atoms with Crippen molar-refractivity contribution in [2.24, 2.45) is 0 Å². The summed E-state index contributed by atoms with van der Waals surface area (Å²) in [6, 6.07) is 23.8. The first kappa shape index (κ1) is 20.9. The van der Waals surface area contributed by atoms with E-state index in [2.05, 4.69) is 5.32 Å². The van der Waals surface area contributed by atoms with Gasteiger partial charge < -0.3 is 15.2 Å². The minimum absolute atomic E-state index is 0. The number of halogens is 2. The van der Waals surface area contributed by atoms with E-state index in [1.165, 1.54) is 6.07 Å². The highest BCUT2D eigenvalue weighted by Gasteiger charge is 2.06.